The predicted molar refractivity (Wildman–Crippen MR) is 128 cm³/mol. The van der Waals surface area contributed by atoms with E-state index in [1.807, 2.05) is 49.6 Å². The van der Waals surface area contributed by atoms with Gasteiger partial charge in [-0.2, -0.15) is 11.8 Å². The minimum absolute atomic E-state index is 0.0357. The van der Waals surface area contributed by atoms with E-state index in [9.17, 15) is 4.79 Å². The molecule has 0 radical (unpaired) electrons. The molecule has 4 aromatic rings. The number of carbonyl (C=O) groups is 1. The number of para-hydroxylation sites is 2. The van der Waals surface area contributed by atoms with Crippen molar-refractivity contribution in [3.8, 4) is 5.75 Å². The fourth-order valence-corrected chi connectivity index (χ4v) is 4.44. The van der Waals surface area contributed by atoms with Crippen molar-refractivity contribution in [2.45, 2.75) is 25.4 Å². The van der Waals surface area contributed by atoms with E-state index in [-0.39, 0.29) is 11.9 Å². The molecule has 31 heavy (non-hydrogen) atoms. The van der Waals surface area contributed by atoms with Crippen LogP contribution in [-0.4, -0.2) is 39.1 Å². The van der Waals surface area contributed by atoms with Gasteiger partial charge >= 0.3 is 0 Å². The number of nitrogens with one attached hydrogen (secondary N) is 1. The summed E-state index contributed by atoms with van der Waals surface area (Å²) in [6.45, 7) is 0.624. The second-order valence-corrected chi connectivity index (χ2v) is 8.59. The van der Waals surface area contributed by atoms with Gasteiger partial charge in [0.15, 0.2) is 0 Å². The number of fused-ring (bicyclic) bond motifs is 2. The minimum Gasteiger partial charge on any atom is -0.497 e. The molecular formula is C24H28N4O2S. The van der Waals surface area contributed by atoms with Crippen LogP contribution in [0.4, 0.5) is 0 Å². The first-order valence-corrected chi connectivity index (χ1v) is 11.8. The van der Waals surface area contributed by atoms with Crippen LogP contribution >= 0.6 is 11.8 Å². The Bertz CT molecular complexity index is 1200. The lowest BCUT2D eigenvalue weighted by molar-refractivity contribution is -0.122. The Morgan fingerprint density at radius 2 is 2.03 bits per heavy atom. The third-order valence-corrected chi connectivity index (χ3v) is 6.28. The van der Waals surface area contributed by atoms with E-state index in [4.69, 9.17) is 9.72 Å². The van der Waals surface area contributed by atoms with E-state index >= 15 is 0 Å². The average Bonchev–Trinajstić information content (AvgIpc) is 3.35. The highest BCUT2D eigenvalue weighted by Crippen LogP contribution is 2.24. The van der Waals surface area contributed by atoms with E-state index in [2.05, 4.69) is 32.8 Å². The molecule has 0 saturated heterocycles. The smallest absolute Gasteiger partial charge is 0.222 e. The number of aryl methyl sites for hydroxylation is 2. The van der Waals surface area contributed by atoms with Crippen molar-refractivity contribution >= 4 is 39.6 Å². The van der Waals surface area contributed by atoms with Crippen molar-refractivity contribution in [1.29, 1.82) is 0 Å². The Hall–Kier alpha value is -2.93. The largest absolute Gasteiger partial charge is 0.497 e. The van der Waals surface area contributed by atoms with Crippen LogP contribution < -0.4 is 10.1 Å². The molecule has 0 aliphatic carbocycles. The zero-order valence-corrected chi connectivity index (χ0v) is 19.0. The van der Waals surface area contributed by atoms with Crippen LogP contribution in [0.3, 0.4) is 0 Å². The van der Waals surface area contributed by atoms with Gasteiger partial charge in [0.05, 0.1) is 24.2 Å². The molecular weight excluding hydrogens is 408 g/mol. The standard InChI is InChI=1S/C24H28N4O2S/c1-27-22-7-5-4-6-19(22)26-24(27)20(12-15-31-3)25-23(29)11-14-28-13-10-17-16-18(30-2)8-9-21(17)28/h4-10,13,16,20H,11-12,14-15H2,1-3H3,(H,25,29)/t20-/m0/s1. The van der Waals surface area contributed by atoms with Gasteiger partial charge in [0.1, 0.15) is 11.6 Å². The SMILES string of the molecule is COc1ccc2c(ccn2CCC(=O)N[C@@H](CCSC)c2nc3ccccc3n2C)c1. The lowest BCUT2D eigenvalue weighted by atomic mass is 10.2. The summed E-state index contributed by atoms with van der Waals surface area (Å²) in [5.41, 5.74) is 3.13. The predicted octanol–water partition coefficient (Wildman–Crippen LogP) is 4.54. The summed E-state index contributed by atoms with van der Waals surface area (Å²) in [6.07, 6.45) is 5.36. The third kappa shape index (κ3) is 4.56. The first-order valence-electron chi connectivity index (χ1n) is 10.4. The number of benzene rings is 2. The van der Waals surface area contributed by atoms with Gasteiger partial charge in [-0.25, -0.2) is 4.98 Å². The van der Waals surface area contributed by atoms with Crippen LogP contribution in [-0.2, 0) is 18.4 Å². The summed E-state index contributed by atoms with van der Waals surface area (Å²) in [4.78, 5) is 17.7. The minimum atomic E-state index is -0.108. The van der Waals surface area contributed by atoms with Crippen molar-refractivity contribution in [2.75, 3.05) is 19.1 Å². The van der Waals surface area contributed by atoms with Crippen LogP contribution in [0.5, 0.6) is 5.75 Å². The van der Waals surface area contributed by atoms with Crippen molar-refractivity contribution in [1.82, 2.24) is 19.4 Å². The maximum atomic E-state index is 12.9. The number of amides is 1. The van der Waals surface area contributed by atoms with Gasteiger partial charge in [-0.3, -0.25) is 4.79 Å². The molecule has 0 aliphatic heterocycles. The number of methoxy groups -OCH3 is 1. The van der Waals surface area contributed by atoms with Crippen molar-refractivity contribution in [3.05, 3.63) is 60.6 Å². The molecule has 1 N–H and O–H groups in total. The van der Waals surface area contributed by atoms with Crippen LogP contribution in [0.1, 0.15) is 24.7 Å². The highest BCUT2D eigenvalue weighted by molar-refractivity contribution is 7.98. The number of hydrogen-bond donors (Lipinski definition) is 1. The van der Waals surface area contributed by atoms with Crippen molar-refractivity contribution < 1.29 is 9.53 Å². The molecule has 4 rings (SSSR count). The second kappa shape index (κ2) is 9.47. The van der Waals surface area contributed by atoms with Crippen LogP contribution in [0.15, 0.2) is 54.7 Å². The Kier molecular flexibility index (Phi) is 6.51. The van der Waals surface area contributed by atoms with Crippen molar-refractivity contribution in [2.24, 2.45) is 7.05 Å². The first kappa shape index (κ1) is 21.3. The number of imidazole rings is 1. The van der Waals surface area contributed by atoms with Gasteiger partial charge in [-0.05, 0) is 54.8 Å². The molecule has 162 valence electrons. The fraction of sp³-hybridized carbons (Fsp3) is 0.333. The van der Waals surface area contributed by atoms with Gasteiger partial charge in [-0.1, -0.05) is 12.1 Å². The molecule has 7 heteroatoms. The molecule has 0 fully saturated rings. The van der Waals surface area contributed by atoms with E-state index < -0.39 is 0 Å². The third-order valence-electron chi connectivity index (χ3n) is 5.64. The van der Waals surface area contributed by atoms with E-state index in [1.165, 1.54) is 0 Å². The summed E-state index contributed by atoms with van der Waals surface area (Å²) in [6, 6.07) is 16.0. The maximum absolute atomic E-state index is 12.9. The zero-order chi connectivity index (χ0) is 21.8. The van der Waals surface area contributed by atoms with E-state index in [0.29, 0.717) is 13.0 Å². The summed E-state index contributed by atoms with van der Waals surface area (Å²) < 4.78 is 9.50. The lowest BCUT2D eigenvalue weighted by Gasteiger charge is -2.18. The van der Waals surface area contributed by atoms with Gasteiger partial charge in [-0.15, -0.1) is 0 Å². The van der Waals surface area contributed by atoms with Crippen molar-refractivity contribution in [3.63, 3.8) is 0 Å². The Labute approximate surface area is 186 Å². The first-order chi connectivity index (χ1) is 15.1. The molecule has 1 atom stereocenters. The Morgan fingerprint density at radius 3 is 2.81 bits per heavy atom. The number of carbonyl (C=O) groups excluding carboxylic acids is 1. The molecule has 2 heterocycles. The number of aromatic nitrogens is 3. The van der Waals surface area contributed by atoms with Gasteiger partial charge in [0.25, 0.3) is 0 Å². The maximum Gasteiger partial charge on any atom is 0.222 e. The molecule has 1 amide bonds. The summed E-state index contributed by atoms with van der Waals surface area (Å²) >= 11 is 1.78. The molecule has 0 saturated carbocycles. The molecule has 0 bridgehead atoms. The quantitative estimate of drug-likeness (QED) is 0.419. The number of rotatable bonds is 9. The molecule has 2 aromatic heterocycles. The molecule has 2 aromatic carbocycles. The monoisotopic (exact) mass is 436 g/mol. The summed E-state index contributed by atoms with van der Waals surface area (Å²) in [7, 11) is 3.68. The lowest BCUT2D eigenvalue weighted by Crippen LogP contribution is -2.31. The highest BCUT2D eigenvalue weighted by Gasteiger charge is 2.20. The van der Waals surface area contributed by atoms with E-state index in [1.54, 1.807) is 18.9 Å². The number of thioether (sulfide) groups is 1. The van der Waals surface area contributed by atoms with Crippen LogP contribution in [0.25, 0.3) is 21.9 Å². The fourth-order valence-electron chi connectivity index (χ4n) is 3.97. The van der Waals surface area contributed by atoms with E-state index in [0.717, 1.165) is 45.7 Å². The van der Waals surface area contributed by atoms with Gasteiger partial charge in [0, 0.05) is 37.1 Å². The molecule has 6 nitrogen and oxygen atoms in total. The zero-order valence-electron chi connectivity index (χ0n) is 18.2. The summed E-state index contributed by atoms with van der Waals surface area (Å²) in [5, 5.41) is 4.34. The molecule has 0 spiro atoms. The Morgan fingerprint density at radius 1 is 1.19 bits per heavy atom. The number of nitrogens with zero attached hydrogens (tertiary/aromatic N) is 3. The topological polar surface area (TPSA) is 61.1 Å². The van der Waals surface area contributed by atoms with Gasteiger partial charge in [0.2, 0.25) is 5.91 Å². The number of ether oxygens (including phenoxy) is 1. The molecule has 0 aliphatic rings. The normalized spacial score (nSPS) is 12.4. The number of hydrogen-bond acceptors (Lipinski definition) is 4. The second-order valence-electron chi connectivity index (χ2n) is 7.60. The van der Waals surface area contributed by atoms with Crippen LogP contribution in [0, 0.1) is 0 Å². The molecule has 0 unspecified atom stereocenters. The Balaban J connectivity index is 1.47. The highest BCUT2D eigenvalue weighted by atomic mass is 32.2. The summed E-state index contributed by atoms with van der Waals surface area (Å²) in [5.74, 6) is 2.73. The van der Waals surface area contributed by atoms with Gasteiger partial charge < -0.3 is 19.2 Å². The average molecular weight is 437 g/mol. The van der Waals surface area contributed by atoms with Crippen LogP contribution in [0.2, 0.25) is 0 Å².